The average Bonchev–Trinajstić information content (AvgIpc) is 2.60. The molecule has 1 aliphatic heterocycles. The van der Waals surface area contributed by atoms with Crippen molar-refractivity contribution in [2.24, 2.45) is 0 Å². The number of hydrogen-bond donors (Lipinski definition) is 1. The number of esters is 1. The van der Waals surface area contributed by atoms with Gasteiger partial charge < -0.3 is 14.8 Å². The van der Waals surface area contributed by atoms with E-state index < -0.39 is 11.6 Å². The number of fused-ring (bicyclic) bond motifs is 1. The predicted molar refractivity (Wildman–Crippen MR) is 105 cm³/mol. The lowest BCUT2D eigenvalue weighted by Gasteiger charge is -2.19. The molecule has 1 aliphatic rings. The van der Waals surface area contributed by atoms with Gasteiger partial charge in [-0.15, -0.1) is 0 Å². The summed E-state index contributed by atoms with van der Waals surface area (Å²) >= 11 is 0. The van der Waals surface area contributed by atoms with Crippen LogP contribution in [-0.4, -0.2) is 17.5 Å². The number of benzene rings is 2. The standard InChI is InChI=1S/C22H21NO4/c1-22(2,3)27-20(24)13-12-15-8-4-5-9-16(15)14-19-21(25)23-17-10-6-7-11-18(17)26-19/h4-14H,1-3H3,(H,23,25)/b13-12+,19-14-. The Morgan fingerprint density at radius 2 is 1.70 bits per heavy atom. The van der Waals surface area contributed by atoms with Gasteiger partial charge in [-0.1, -0.05) is 36.4 Å². The third-order valence-electron chi connectivity index (χ3n) is 3.67. The molecule has 2 aromatic carbocycles. The zero-order chi connectivity index (χ0) is 19.4. The van der Waals surface area contributed by atoms with E-state index in [4.69, 9.17) is 9.47 Å². The van der Waals surface area contributed by atoms with Gasteiger partial charge in [0.15, 0.2) is 11.5 Å². The Labute approximate surface area is 158 Å². The Bertz CT molecular complexity index is 935. The lowest BCUT2D eigenvalue weighted by atomic mass is 10.1. The van der Waals surface area contributed by atoms with E-state index in [2.05, 4.69) is 5.32 Å². The molecule has 2 aromatic rings. The van der Waals surface area contributed by atoms with Gasteiger partial charge >= 0.3 is 5.97 Å². The minimum absolute atomic E-state index is 0.187. The first-order valence-electron chi connectivity index (χ1n) is 8.62. The van der Waals surface area contributed by atoms with Crippen LogP contribution in [0, 0.1) is 0 Å². The highest BCUT2D eigenvalue weighted by molar-refractivity contribution is 6.08. The maximum absolute atomic E-state index is 12.3. The van der Waals surface area contributed by atoms with Crippen LogP contribution in [0.3, 0.4) is 0 Å². The van der Waals surface area contributed by atoms with Gasteiger partial charge in [-0.2, -0.15) is 0 Å². The molecule has 27 heavy (non-hydrogen) atoms. The smallest absolute Gasteiger partial charge is 0.331 e. The van der Waals surface area contributed by atoms with Crippen molar-refractivity contribution in [3.05, 3.63) is 71.5 Å². The fourth-order valence-corrected chi connectivity index (χ4v) is 2.53. The summed E-state index contributed by atoms with van der Waals surface area (Å²) in [4.78, 5) is 24.2. The van der Waals surface area contributed by atoms with Gasteiger partial charge in [-0.05, 0) is 56.2 Å². The first-order chi connectivity index (χ1) is 12.8. The van der Waals surface area contributed by atoms with E-state index in [-0.39, 0.29) is 11.7 Å². The molecule has 0 fully saturated rings. The van der Waals surface area contributed by atoms with Crippen LogP contribution in [0.25, 0.3) is 12.2 Å². The van der Waals surface area contributed by atoms with Gasteiger partial charge in [0.1, 0.15) is 5.60 Å². The summed E-state index contributed by atoms with van der Waals surface area (Å²) in [6.45, 7) is 5.44. The maximum atomic E-state index is 12.3. The van der Waals surface area contributed by atoms with E-state index >= 15 is 0 Å². The first-order valence-corrected chi connectivity index (χ1v) is 8.62. The van der Waals surface area contributed by atoms with Crippen LogP contribution in [0.5, 0.6) is 5.75 Å². The maximum Gasteiger partial charge on any atom is 0.331 e. The van der Waals surface area contributed by atoms with Gasteiger partial charge in [-0.3, -0.25) is 4.79 Å². The van der Waals surface area contributed by atoms with E-state index in [9.17, 15) is 9.59 Å². The minimum Gasteiger partial charge on any atom is -0.457 e. The average molecular weight is 363 g/mol. The third kappa shape index (κ3) is 4.85. The van der Waals surface area contributed by atoms with Crippen LogP contribution in [0.1, 0.15) is 31.9 Å². The molecule has 1 amide bonds. The molecule has 0 aromatic heterocycles. The van der Waals surface area contributed by atoms with Crippen molar-refractivity contribution in [3.63, 3.8) is 0 Å². The molecule has 3 rings (SSSR count). The summed E-state index contributed by atoms with van der Waals surface area (Å²) in [6.07, 6.45) is 4.69. The zero-order valence-corrected chi connectivity index (χ0v) is 15.5. The molecule has 0 atom stereocenters. The number of ether oxygens (including phenoxy) is 2. The van der Waals surface area contributed by atoms with Crippen molar-refractivity contribution in [3.8, 4) is 5.75 Å². The minimum atomic E-state index is -0.551. The summed E-state index contributed by atoms with van der Waals surface area (Å²) < 4.78 is 11.0. The van der Waals surface area contributed by atoms with Gasteiger partial charge in [0.25, 0.3) is 5.91 Å². The number of anilines is 1. The second kappa shape index (κ2) is 7.50. The van der Waals surface area contributed by atoms with Gasteiger partial charge in [0.05, 0.1) is 5.69 Å². The molecule has 0 saturated carbocycles. The number of para-hydroxylation sites is 2. The fourth-order valence-electron chi connectivity index (χ4n) is 2.53. The lowest BCUT2D eigenvalue weighted by molar-refractivity contribution is -0.148. The normalized spacial score (nSPS) is 15.2. The Hall–Kier alpha value is -3.34. The molecular weight excluding hydrogens is 342 g/mol. The molecule has 0 saturated heterocycles. The molecule has 0 radical (unpaired) electrons. The monoisotopic (exact) mass is 363 g/mol. The summed E-state index contributed by atoms with van der Waals surface area (Å²) in [5, 5.41) is 2.80. The lowest BCUT2D eigenvalue weighted by Crippen LogP contribution is -2.23. The molecule has 5 heteroatoms. The van der Waals surface area contributed by atoms with Crippen LogP contribution in [-0.2, 0) is 14.3 Å². The first kappa shape index (κ1) is 18.5. The number of carbonyl (C=O) groups is 2. The highest BCUT2D eigenvalue weighted by atomic mass is 16.6. The Balaban J connectivity index is 1.85. The highest BCUT2D eigenvalue weighted by Crippen LogP contribution is 2.31. The van der Waals surface area contributed by atoms with E-state index in [0.717, 1.165) is 11.1 Å². The zero-order valence-electron chi connectivity index (χ0n) is 15.5. The van der Waals surface area contributed by atoms with Crippen LogP contribution in [0.15, 0.2) is 60.4 Å². The fraction of sp³-hybridized carbons (Fsp3) is 0.182. The molecule has 1 heterocycles. The van der Waals surface area contributed by atoms with E-state index in [0.29, 0.717) is 11.4 Å². The second-order valence-electron chi connectivity index (χ2n) is 7.06. The summed E-state index contributed by atoms with van der Waals surface area (Å²) in [5.41, 5.74) is 1.61. The molecule has 0 bridgehead atoms. The molecule has 0 unspecified atom stereocenters. The Morgan fingerprint density at radius 3 is 2.44 bits per heavy atom. The Kier molecular flexibility index (Phi) is 5.12. The largest absolute Gasteiger partial charge is 0.457 e. The number of carbonyl (C=O) groups excluding carboxylic acids is 2. The summed E-state index contributed by atoms with van der Waals surface area (Å²) in [6, 6.07) is 14.6. The van der Waals surface area contributed by atoms with Crippen LogP contribution >= 0.6 is 0 Å². The van der Waals surface area contributed by atoms with Crippen molar-refractivity contribution in [2.75, 3.05) is 5.32 Å². The summed E-state index contributed by atoms with van der Waals surface area (Å²) in [7, 11) is 0. The molecule has 5 nitrogen and oxygen atoms in total. The Morgan fingerprint density at radius 1 is 1.04 bits per heavy atom. The van der Waals surface area contributed by atoms with E-state index in [1.807, 2.05) is 57.2 Å². The number of amides is 1. The van der Waals surface area contributed by atoms with Crippen molar-refractivity contribution in [1.82, 2.24) is 0 Å². The van der Waals surface area contributed by atoms with Gasteiger partial charge in [-0.25, -0.2) is 4.79 Å². The number of rotatable bonds is 3. The van der Waals surface area contributed by atoms with Crippen LogP contribution in [0.2, 0.25) is 0 Å². The van der Waals surface area contributed by atoms with Crippen LogP contribution in [0.4, 0.5) is 5.69 Å². The topological polar surface area (TPSA) is 64.6 Å². The van der Waals surface area contributed by atoms with Crippen molar-refractivity contribution in [2.45, 2.75) is 26.4 Å². The molecule has 138 valence electrons. The molecule has 0 spiro atoms. The van der Waals surface area contributed by atoms with E-state index in [1.54, 1.807) is 24.3 Å². The predicted octanol–water partition coefficient (Wildman–Crippen LogP) is 4.41. The molecular formula is C22H21NO4. The quantitative estimate of drug-likeness (QED) is 0.648. The van der Waals surface area contributed by atoms with Crippen molar-refractivity contribution < 1.29 is 19.1 Å². The third-order valence-corrected chi connectivity index (χ3v) is 3.67. The summed E-state index contributed by atoms with van der Waals surface area (Å²) in [5.74, 6) is 0.0297. The van der Waals surface area contributed by atoms with E-state index in [1.165, 1.54) is 6.08 Å². The van der Waals surface area contributed by atoms with Crippen molar-refractivity contribution in [1.29, 1.82) is 0 Å². The molecule has 1 N–H and O–H groups in total. The SMILES string of the molecule is CC(C)(C)OC(=O)/C=C/c1ccccc1/C=C1\Oc2ccccc2NC1=O. The van der Waals surface area contributed by atoms with Crippen molar-refractivity contribution >= 4 is 29.7 Å². The second-order valence-corrected chi connectivity index (χ2v) is 7.06. The van der Waals surface area contributed by atoms with Gasteiger partial charge in [0, 0.05) is 6.08 Å². The van der Waals surface area contributed by atoms with Crippen LogP contribution < -0.4 is 10.1 Å². The number of hydrogen-bond acceptors (Lipinski definition) is 4. The van der Waals surface area contributed by atoms with Gasteiger partial charge in [0.2, 0.25) is 0 Å². The molecule has 0 aliphatic carbocycles. The highest BCUT2D eigenvalue weighted by Gasteiger charge is 2.21. The number of nitrogens with one attached hydrogen (secondary N) is 1.